The minimum Gasteiger partial charge on any atom is -0.372 e. The molecule has 0 saturated carbocycles. The summed E-state index contributed by atoms with van der Waals surface area (Å²) in [6.07, 6.45) is 7.22. The molecule has 0 unspecified atom stereocenters. The van der Waals surface area contributed by atoms with Gasteiger partial charge in [-0.1, -0.05) is 12.1 Å². The summed E-state index contributed by atoms with van der Waals surface area (Å²) < 4.78 is 1.99. The molecule has 0 amide bonds. The van der Waals surface area contributed by atoms with Crippen molar-refractivity contribution in [2.24, 2.45) is 12.0 Å². The van der Waals surface area contributed by atoms with Crippen LogP contribution in [0.3, 0.4) is 0 Å². The van der Waals surface area contributed by atoms with E-state index in [0.717, 1.165) is 42.9 Å². The summed E-state index contributed by atoms with van der Waals surface area (Å²) >= 11 is 1.87. The van der Waals surface area contributed by atoms with Gasteiger partial charge in [-0.25, -0.2) is 4.99 Å². The maximum atomic E-state index is 4.85. The van der Waals surface area contributed by atoms with Crippen LogP contribution in [0, 0.1) is 6.92 Å². The molecule has 31 heavy (non-hydrogen) atoms. The molecule has 1 fully saturated rings. The van der Waals surface area contributed by atoms with Crippen LogP contribution in [-0.4, -0.2) is 64.3 Å². The van der Waals surface area contributed by atoms with Gasteiger partial charge in [-0.05, 0) is 62.3 Å². The molecule has 1 aromatic heterocycles. The lowest BCUT2D eigenvalue weighted by Crippen LogP contribution is -2.39. The summed E-state index contributed by atoms with van der Waals surface area (Å²) in [5, 5.41) is 11.9. The van der Waals surface area contributed by atoms with Crippen LogP contribution in [0.15, 0.2) is 29.3 Å². The largest absolute Gasteiger partial charge is 0.372 e. The van der Waals surface area contributed by atoms with Crippen LogP contribution in [0.2, 0.25) is 0 Å². The number of thioether (sulfide) groups is 1. The lowest BCUT2D eigenvalue weighted by Gasteiger charge is -2.29. The first-order valence-electron chi connectivity index (χ1n) is 11.3. The fourth-order valence-corrected chi connectivity index (χ4v) is 4.21. The van der Waals surface area contributed by atoms with Gasteiger partial charge in [0.2, 0.25) is 0 Å². The smallest absolute Gasteiger partial charge is 0.194 e. The van der Waals surface area contributed by atoms with Gasteiger partial charge in [0.15, 0.2) is 11.8 Å². The van der Waals surface area contributed by atoms with Crippen molar-refractivity contribution in [2.75, 3.05) is 43.6 Å². The summed E-state index contributed by atoms with van der Waals surface area (Å²) in [6, 6.07) is 9.02. The number of rotatable bonds is 9. The van der Waals surface area contributed by atoms with E-state index >= 15 is 0 Å². The Bertz CT molecular complexity index is 825. The summed E-state index contributed by atoms with van der Waals surface area (Å²) in [6.45, 7) is 6.55. The van der Waals surface area contributed by atoms with E-state index in [2.05, 4.69) is 62.9 Å². The van der Waals surface area contributed by atoms with Crippen molar-refractivity contribution >= 4 is 23.4 Å². The molecule has 0 radical (unpaired) electrons. The average molecular weight is 444 g/mol. The molecular weight excluding hydrogens is 406 g/mol. The van der Waals surface area contributed by atoms with Crippen LogP contribution >= 0.6 is 11.8 Å². The first-order chi connectivity index (χ1) is 15.1. The number of hydrogen-bond acceptors (Lipinski definition) is 5. The molecule has 0 atom stereocenters. The summed E-state index contributed by atoms with van der Waals surface area (Å²) in [7, 11) is 4.08. The molecule has 170 valence electrons. The van der Waals surface area contributed by atoms with Gasteiger partial charge in [-0.2, -0.15) is 11.8 Å². The van der Waals surface area contributed by atoms with E-state index < -0.39 is 0 Å². The van der Waals surface area contributed by atoms with Gasteiger partial charge in [-0.3, -0.25) is 0 Å². The number of piperidine rings is 1. The minimum absolute atomic E-state index is 0.514. The Labute approximate surface area is 191 Å². The van der Waals surface area contributed by atoms with Gasteiger partial charge in [0.25, 0.3) is 0 Å². The second-order valence-corrected chi connectivity index (χ2v) is 9.19. The van der Waals surface area contributed by atoms with Crippen LogP contribution in [0.5, 0.6) is 0 Å². The van der Waals surface area contributed by atoms with Crippen LogP contribution in [0.4, 0.5) is 5.69 Å². The molecule has 1 aromatic carbocycles. The second-order valence-electron chi connectivity index (χ2n) is 8.21. The molecule has 3 rings (SSSR count). The van der Waals surface area contributed by atoms with Gasteiger partial charge in [0.1, 0.15) is 12.4 Å². The molecule has 2 heterocycles. The van der Waals surface area contributed by atoms with E-state index in [1.807, 2.05) is 30.3 Å². The van der Waals surface area contributed by atoms with Crippen molar-refractivity contribution in [3.63, 3.8) is 0 Å². The molecule has 1 saturated heterocycles. The predicted octanol–water partition coefficient (Wildman–Crippen LogP) is 3.44. The topological polar surface area (TPSA) is 61.6 Å². The van der Waals surface area contributed by atoms with Gasteiger partial charge in [-0.15, -0.1) is 10.2 Å². The molecular formula is C23H37N7S. The average Bonchev–Trinajstić information content (AvgIpc) is 3.12. The standard InChI is InChI=1S/C23H37N7S/c1-19-26-27-22(29(19)3)17-25-23(24-13-8-16-31-4)28(2)18-20-9-11-21(12-10-20)30-14-6-5-7-15-30/h9-12H,5-8,13-18H2,1-4H3,(H,24,25). The summed E-state index contributed by atoms with van der Waals surface area (Å²) in [5.41, 5.74) is 2.63. The molecule has 8 heteroatoms. The molecule has 1 aliphatic heterocycles. The van der Waals surface area contributed by atoms with E-state index in [-0.39, 0.29) is 0 Å². The molecule has 0 spiro atoms. The number of aryl methyl sites for hydroxylation is 1. The Balaban J connectivity index is 1.64. The predicted molar refractivity (Wildman–Crippen MR) is 132 cm³/mol. The number of anilines is 1. The fourth-order valence-electron chi connectivity index (χ4n) is 3.78. The van der Waals surface area contributed by atoms with Crippen molar-refractivity contribution < 1.29 is 0 Å². The maximum absolute atomic E-state index is 4.85. The lowest BCUT2D eigenvalue weighted by molar-refractivity contribution is 0.474. The van der Waals surface area contributed by atoms with Crippen LogP contribution in [-0.2, 0) is 20.1 Å². The van der Waals surface area contributed by atoms with E-state index in [1.165, 1.54) is 43.6 Å². The van der Waals surface area contributed by atoms with Crippen LogP contribution in [0.25, 0.3) is 0 Å². The van der Waals surface area contributed by atoms with Crippen molar-refractivity contribution in [1.29, 1.82) is 0 Å². The molecule has 1 N–H and O–H groups in total. The zero-order valence-electron chi connectivity index (χ0n) is 19.5. The van der Waals surface area contributed by atoms with Gasteiger partial charge in [0, 0.05) is 46.0 Å². The highest BCUT2D eigenvalue weighted by Gasteiger charge is 2.12. The van der Waals surface area contributed by atoms with Crippen molar-refractivity contribution in [2.45, 2.75) is 45.7 Å². The molecule has 1 aliphatic rings. The third-order valence-electron chi connectivity index (χ3n) is 5.80. The van der Waals surface area contributed by atoms with Gasteiger partial charge in [0.05, 0.1) is 0 Å². The quantitative estimate of drug-likeness (QED) is 0.364. The van der Waals surface area contributed by atoms with E-state index in [0.29, 0.717) is 6.54 Å². The number of aromatic nitrogens is 3. The zero-order valence-corrected chi connectivity index (χ0v) is 20.3. The van der Waals surface area contributed by atoms with Gasteiger partial charge >= 0.3 is 0 Å². The molecule has 0 bridgehead atoms. The number of nitrogens with one attached hydrogen (secondary N) is 1. The monoisotopic (exact) mass is 443 g/mol. The fraction of sp³-hybridized carbons (Fsp3) is 0.609. The van der Waals surface area contributed by atoms with E-state index in [1.54, 1.807) is 0 Å². The maximum Gasteiger partial charge on any atom is 0.194 e. The lowest BCUT2D eigenvalue weighted by atomic mass is 10.1. The molecule has 7 nitrogen and oxygen atoms in total. The third-order valence-corrected chi connectivity index (χ3v) is 6.50. The zero-order chi connectivity index (χ0) is 22.1. The van der Waals surface area contributed by atoms with E-state index in [4.69, 9.17) is 4.99 Å². The third kappa shape index (κ3) is 6.89. The normalized spacial score (nSPS) is 14.7. The van der Waals surface area contributed by atoms with Crippen LogP contribution in [0.1, 0.15) is 42.9 Å². The Hall–Kier alpha value is -2.22. The van der Waals surface area contributed by atoms with Crippen molar-refractivity contribution in [1.82, 2.24) is 25.0 Å². The number of benzene rings is 1. The number of aliphatic imine (C=N–C) groups is 1. The summed E-state index contributed by atoms with van der Waals surface area (Å²) in [4.78, 5) is 9.54. The van der Waals surface area contributed by atoms with E-state index in [9.17, 15) is 0 Å². The van der Waals surface area contributed by atoms with Crippen LogP contribution < -0.4 is 10.2 Å². The second kappa shape index (κ2) is 12.0. The Kier molecular flexibility index (Phi) is 9.06. The highest BCUT2D eigenvalue weighted by atomic mass is 32.2. The highest BCUT2D eigenvalue weighted by molar-refractivity contribution is 7.98. The Morgan fingerprint density at radius 2 is 1.90 bits per heavy atom. The Morgan fingerprint density at radius 3 is 2.55 bits per heavy atom. The molecule has 2 aromatic rings. The molecule has 0 aliphatic carbocycles. The minimum atomic E-state index is 0.514. The number of nitrogens with zero attached hydrogens (tertiary/aromatic N) is 6. The van der Waals surface area contributed by atoms with Gasteiger partial charge < -0.3 is 19.7 Å². The van der Waals surface area contributed by atoms with Crippen molar-refractivity contribution in [3.8, 4) is 0 Å². The highest BCUT2D eigenvalue weighted by Crippen LogP contribution is 2.20. The number of guanidine groups is 1. The Morgan fingerprint density at radius 1 is 1.16 bits per heavy atom. The van der Waals surface area contributed by atoms with Crippen molar-refractivity contribution in [3.05, 3.63) is 41.5 Å². The number of hydrogen-bond donors (Lipinski definition) is 1. The first kappa shape index (κ1) is 23.4. The SMILES string of the molecule is CSCCCNC(=NCc1nnc(C)n1C)N(C)Cc1ccc(N2CCCCC2)cc1. The first-order valence-corrected chi connectivity index (χ1v) is 12.6. The summed E-state index contributed by atoms with van der Waals surface area (Å²) in [5.74, 6) is 3.83.